The number of aromatic nitrogens is 2. The number of aromatic amines is 1. The van der Waals surface area contributed by atoms with Gasteiger partial charge in [-0.15, -0.1) is 0 Å². The summed E-state index contributed by atoms with van der Waals surface area (Å²) in [5, 5.41) is 9.56. The summed E-state index contributed by atoms with van der Waals surface area (Å²) in [6.07, 6.45) is 5.93. The van der Waals surface area contributed by atoms with Gasteiger partial charge in [0.1, 0.15) is 5.76 Å². The molecule has 0 radical (unpaired) electrons. The molecule has 2 aromatic carbocycles. The van der Waals surface area contributed by atoms with Crippen LogP contribution >= 0.6 is 0 Å². The van der Waals surface area contributed by atoms with Gasteiger partial charge >= 0.3 is 5.76 Å². The SMILES string of the molecule is Cc1oc(-c2ccccc2)nc1CC=Cc1ccc(CCc2oc(=O)[nH]c2O)cc1. The largest absolute Gasteiger partial charge is 0.492 e. The van der Waals surface area contributed by atoms with Crippen LogP contribution in [0.2, 0.25) is 0 Å². The van der Waals surface area contributed by atoms with Gasteiger partial charge in [-0.2, -0.15) is 0 Å². The first-order valence-electron chi connectivity index (χ1n) is 9.76. The lowest BCUT2D eigenvalue weighted by atomic mass is 10.1. The molecule has 0 amide bonds. The van der Waals surface area contributed by atoms with Crippen LogP contribution in [-0.2, 0) is 19.3 Å². The number of H-pyrrole nitrogens is 1. The van der Waals surface area contributed by atoms with Crippen LogP contribution in [0.15, 0.2) is 74.3 Å². The van der Waals surface area contributed by atoms with Crippen LogP contribution < -0.4 is 5.76 Å². The van der Waals surface area contributed by atoms with E-state index in [1.165, 1.54) is 0 Å². The fourth-order valence-electron chi connectivity index (χ4n) is 3.20. The first kappa shape index (κ1) is 19.5. The minimum absolute atomic E-state index is 0.196. The summed E-state index contributed by atoms with van der Waals surface area (Å²) in [7, 11) is 0. The molecule has 0 atom stereocenters. The minimum atomic E-state index is -0.638. The van der Waals surface area contributed by atoms with Crippen molar-refractivity contribution in [1.29, 1.82) is 0 Å². The average molecular weight is 402 g/mol. The Labute approximate surface area is 173 Å². The molecule has 2 aromatic heterocycles. The molecular formula is C24H22N2O4. The number of aromatic hydroxyl groups is 1. The van der Waals surface area contributed by atoms with Gasteiger partial charge in [0.05, 0.1) is 5.69 Å². The van der Waals surface area contributed by atoms with Crippen molar-refractivity contribution in [2.45, 2.75) is 26.2 Å². The molecule has 0 unspecified atom stereocenters. The first-order chi connectivity index (χ1) is 14.6. The molecule has 0 aliphatic heterocycles. The highest BCUT2D eigenvalue weighted by Gasteiger charge is 2.10. The topological polar surface area (TPSA) is 92.3 Å². The van der Waals surface area contributed by atoms with Gasteiger partial charge in [-0.3, -0.25) is 4.98 Å². The van der Waals surface area contributed by atoms with E-state index >= 15 is 0 Å². The lowest BCUT2D eigenvalue weighted by Crippen LogP contribution is -1.94. The number of oxazole rings is 2. The van der Waals surface area contributed by atoms with Gasteiger partial charge in [-0.25, -0.2) is 9.78 Å². The maximum atomic E-state index is 11.1. The van der Waals surface area contributed by atoms with Gasteiger partial charge in [-0.05, 0) is 36.6 Å². The highest BCUT2D eigenvalue weighted by atomic mass is 16.4. The standard InChI is InChI=1S/C24H22N2O4/c1-16-20(25-23(29-16)19-7-3-2-4-8-19)9-5-6-17-10-12-18(13-11-17)14-15-21-22(27)26-24(28)30-21/h2-8,10-13,27H,9,14-15H2,1H3,(H,26,28). The third-order valence-corrected chi connectivity index (χ3v) is 4.86. The summed E-state index contributed by atoms with van der Waals surface area (Å²) in [6, 6.07) is 18.0. The van der Waals surface area contributed by atoms with Crippen LogP contribution in [0.1, 0.15) is 28.3 Å². The third kappa shape index (κ3) is 4.60. The fraction of sp³-hybridized carbons (Fsp3) is 0.167. The molecule has 0 aliphatic carbocycles. The molecule has 6 nitrogen and oxygen atoms in total. The zero-order valence-corrected chi connectivity index (χ0v) is 16.6. The van der Waals surface area contributed by atoms with Crippen LogP contribution in [0.25, 0.3) is 17.5 Å². The molecule has 0 saturated heterocycles. The molecule has 0 saturated carbocycles. The Bertz CT molecular complexity index is 1200. The average Bonchev–Trinajstić information content (AvgIpc) is 3.29. The van der Waals surface area contributed by atoms with Crippen molar-refractivity contribution < 1.29 is 13.9 Å². The molecule has 2 N–H and O–H groups in total. The quantitative estimate of drug-likeness (QED) is 0.468. The van der Waals surface area contributed by atoms with Gasteiger partial charge in [-0.1, -0.05) is 54.6 Å². The fourth-order valence-corrected chi connectivity index (χ4v) is 3.20. The number of hydrogen-bond acceptors (Lipinski definition) is 5. The van der Waals surface area contributed by atoms with E-state index in [0.29, 0.717) is 25.2 Å². The second kappa shape index (κ2) is 8.69. The van der Waals surface area contributed by atoms with E-state index in [1.54, 1.807) is 0 Å². The Morgan fingerprint density at radius 3 is 2.50 bits per heavy atom. The van der Waals surface area contributed by atoms with E-state index in [9.17, 15) is 9.90 Å². The molecule has 30 heavy (non-hydrogen) atoms. The van der Waals surface area contributed by atoms with Crippen molar-refractivity contribution in [1.82, 2.24) is 9.97 Å². The highest BCUT2D eigenvalue weighted by Crippen LogP contribution is 2.22. The lowest BCUT2D eigenvalue weighted by molar-refractivity contribution is 0.420. The number of allylic oxidation sites excluding steroid dienone is 1. The molecule has 0 bridgehead atoms. The zero-order valence-electron chi connectivity index (χ0n) is 16.6. The molecule has 0 aliphatic rings. The number of aryl methyl sites for hydroxylation is 3. The van der Waals surface area contributed by atoms with Crippen molar-refractivity contribution in [3.05, 3.63) is 99.6 Å². The van der Waals surface area contributed by atoms with E-state index < -0.39 is 5.76 Å². The second-order valence-corrected chi connectivity index (χ2v) is 7.02. The van der Waals surface area contributed by atoms with E-state index in [2.05, 4.69) is 22.1 Å². The third-order valence-electron chi connectivity index (χ3n) is 4.86. The van der Waals surface area contributed by atoms with Crippen molar-refractivity contribution in [2.75, 3.05) is 0 Å². The number of nitrogens with zero attached hydrogens (tertiary/aromatic N) is 1. The van der Waals surface area contributed by atoms with Crippen molar-refractivity contribution in [3.8, 4) is 17.3 Å². The van der Waals surface area contributed by atoms with Crippen molar-refractivity contribution in [3.63, 3.8) is 0 Å². The summed E-state index contributed by atoms with van der Waals surface area (Å²) in [5.41, 5.74) is 4.07. The van der Waals surface area contributed by atoms with Crippen LogP contribution in [0.3, 0.4) is 0 Å². The zero-order chi connectivity index (χ0) is 20.9. The van der Waals surface area contributed by atoms with Crippen LogP contribution in [0.5, 0.6) is 5.88 Å². The number of nitrogens with one attached hydrogen (secondary N) is 1. The maximum Gasteiger partial charge on any atom is 0.419 e. The lowest BCUT2D eigenvalue weighted by Gasteiger charge is -2.01. The van der Waals surface area contributed by atoms with Gasteiger partial charge in [0.2, 0.25) is 11.8 Å². The van der Waals surface area contributed by atoms with Crippen molar-refractivity contribution in [2.24, 2.45) is 0 Å². The Morgan fingerprint density at radius 1 is 1.03 bits per heavy atom. The van der Waals surface area contributed by atoms with Gasteiger partial charge in [0.25, 0.3) is 0 Å². The summed E-state index contributed by atoms with van der Waals surface area (Å²) in [6.45, 7) is 1.93. The molecule has 152 valence electrons. The molecule has 0 fully saturated rings. The van der Waals surface area contributed by atoms with Crippen LogP contribution in [0, 0.1) is 6.92 Å². The van der Waals surface area contributed by atoms with E-state index in [-0.39, 0.29) is 11.6 Å². The normalized spacial score (nSPS) is 11.4. The van der Waals surface area contributed by atoms with Crippen LogP contribution in [0.4, 0.5) is 0 Å². The predicted octanol–water partition coefficient (Wildman–Crippen LogP) is 4.68. The van der Waals surface area contributed by atoms with Crippen molar-refractivity contribution >= 4 is 6.08 Å². The Kier molecular flexibility index (Phi) is 5.66. The molecule has 4 rings (SSSR count). The smallest absolute Gasteiger partial charge is 0.419 e. The minimum Gasteiger partial charge on any atom is -0.492 e. The Morgan fingerprint density at radius 2 is 1.80 bits per heavy atom. The van der Waals surface area contributed by atoms with Crippen LogP contribution in [-0.4, -0.2) is 15.1 Å². The van der Waals surface area contributed by atoms with E-state index in [4.69, 9.17) is 8.83 Å². The van der Waals surface area contributed by atoms with E-state index in [1.807, 2.05) is 61.5 Å². The predicted molar refractivity (Wildman–Crippen MR) is 114 cm³/mol. The number of rotatable bonds is 7. The highest BCUT2D eigenvalue weighted by molar-refractivity contribution is 5.54. The Balaban J connectivity index is 1.35. The molecule has 0 spiro atoms. The maximum absolute atomic E-state index is 11.1. The molecule has 4 aromatic rings. The molecule has 2 heterocycles. The summed E-state index contributed by atoms with van der Waals surface area (Å²) >= 11 is 0. The summed E-state index contributed by atoms with van der Waals surface area (Å²) in [4.78, 5) is 17.9. The van der Waals surface area contributed by atoms with Gasteiger partial charge in [0, 0.05) is 18.4 Å². The first-order valence-corrected chi connectivity index (χ1v) is 9.76. The second-order valence-electron chi connectivity index (χ2n) is 7.02. The van der Waals surface area contributed by atoms with Gasteiger partial charge < -0.3 is 13.9 Å². The number of benzene rings is 2. The van der Waals surface area contributed by atoms with Gasteiger partial charge in [0.15, 0.2) is 5.76 Å². The summed E-state index contributed by atoms with van der Waals surface area (Å²) in [5.74, 6) is 0.917. The summed E-state index contributed by atoms with van der Waals surface area (Å²) < 4.78 is 10.7. The number of hydrogen-bond donors (Lipinski definition) is 2. The van der Waals surface area contributed by atoms with E-state index in [0.717, 1.165) is 28.1 Å². The monoisotopic (exact) mass is 402 g/mol. The molecular weight excluding hydrogens is 380 g/mol. The molecule has 6 heteroatoms. The Hall–Kier alpha value is -3.80.